The van der Waals surface area contributed by atoms with E-state index < -0.39 is 0 Å². The Morgan fingerprint density at radius 1 is 1.32 bits per heavy atom. The van der Waals surface area contributed by atoms with E-state index in [9.17, 15) is 4.79 Å². The van der Waals surface area contributed by atoms with Crippen molar-refractivity contribution in [1.29, 1.82) is 0 Å². The van der Waals surface area contributed by atoms with Crippen LogP contribution in [0.1, 0.15) is 16.8 Å². The van der Waals surface area contributed by atoms with Crippen LogP contribution in [0.2, 0.25) is 10.2 Å². The second-order valence-corrected chi connectivity index (χ2v) is 5.86. The predicted octanol–water partition coefficient (Wildman–Crippen LogP) is 3.71. The summed E-state index contributed by atoms with van der Waals surface area (Å²) in [6, 6.07) is 7.42. The smallest absolute Gasteiger partial charge is 0.246 e. The molecule has 2 rings (SSSR count). The molecule has 0 aliphatic carbocycles. The van der Waals surface area contributed by atoms with Gasteiger partial charge in [-0.05, 0) is 30.7 Å². The molecule has 0 N–H and O–H groups in total. The number of likely N-dealkylation sites (N-methyl/N-ethyl adjacent to an activating group) is 1. The maximum Gasteiger partial charge on any atom is 0.246 e. The molecule has 0 radical (unpaired) electrons. The summed E-state index contributed by atoms with van der Waals surface area (Å²) >= 11 is 12.0. The fourth-order valence-electron chi connectivity index (χ4n) is 2.06. The van der Waals surface area contributed by atoms with Gasteiger partial charge in [0, 0.05) is 37.3 Å². The molecule has 1 aromatic heterocycles. The highest BCUT2D eigenvalue weighted by molar-refractivity contribution is 6.31. The van der Waals surface area contributed by atoms with Gasteiger partial charge in [-0.3, -0.25) is 9.48 Å². The lowest BCUT2D eigenvalue weighted by Crippen LogP contribution is -2.24. The van der Waals surface area contributed by atoms with E-state index in [2.05, 4.69) is 5.10 Å². The third kappa shape index (κ3) is 3.90. The number of aromatic nitrogens is 2. The molecule has 0 aliphatic heterocycles. The molecular weight excluding hydrogens is 321 g/mol. The summed E-state index contributed by atoms with van der Waals surface area (Å²) in [6.45, 7) is 2.37. The highest BCUT2D eigenvalue weighted by Crippen LogP contribution is 2.20. The van der Waals surface area contributed by atoms with E-state index in [0.717, 1.165) is 16.8 Å². The topological polar surface area (TPSA) is 38.1 Å². The van der Waals surface area contributed by atoms with Gasteiger partial charge in [0.1, 0.15) is 5.15 Å². The van der Waals surface area contributed by atoms with Gasteiger partial charge in [-0.15, -0.1) is 0 Å². The Kier molecular flexibility index (Phi) is 5.27. The number of carbonyl (C=O) groups excluding carboxylic acids is 1. The summed E-state index contributed by atoms with van der Waals surface area (Å²) in [7, 11) is 3.51. The molecule has 0 aliphatic rings. The Hall–Kier alpha value is -1.78. The van der Waals surface area contributed by atoms with E-state index >= 15 is 0 Å². The summed E-state index contributed by atoms with van der Waals surface area (Å²) in [6.07, 6.45) is 3.21. The Morgan fingerprint density at radius 3 is 2.50 bits per heavy atom. The van der Waals surface area contributed by atoms with E-state index in [1.54, 1.807) is 29.8 Å². The van der Waals surface area contributed by atoms with Crippen molar-refractivity contribution in [2.45, 2.75) is 13.5 Å². The van der Waals surface area contributed by atoms with Gasteiger partial charge < -0.3 is 4.90 Å². The van der Waals surface area contributed by atoms with Gasteiger partial charge in [0.2, 0.25) is 5.91 Å². The molecule has 0 spiro atoms. The van der Waals surface area contributed by atoms with Crippen LogP contribution in [0, 0.1) is 6.92 Å². The van der Waals surface area contributed by atoms with Crippen LogP contribution in [0.25, 0.3) is 6.08 Å². The number of hydrogen-bond donors (Lipinski definition) is 0. The molecule has 0 fully saturated rings. The molecule has 0 atom stereocenters. The second kappa shape index (κ2) is 6.99. The van der Waals surface area contributed by atoms with Gasteiger partial charge in [-0.2, -0.15) is 5.10 Å². The number of aryl methyl sites for hydroxylation is 2. The maximum atomic E-state index is 12.2. The number of benzene rings is 1. The normalized spacial score (nSPS) is 11.1. The first-order valence-corrected chi connectivity index (χ1v) is 7.51. The molecule has 6 heteroatoms. The third-order valence-corrected chi connectivity index (χ3v) is 4.00. The highest BCUT2D eigenvalue weighted by Gasteiger charge is 2.10. The Labute approximate surface area is 139 Å². The summed E-state index contributed by atoms with van der Waals surface area (Å²) in [5, 5.41) is 5.40. The fourth-order valence-corrected chi connectivity index (χ4v) is 2.42. The van der Waals surface area contributed by atoms with E-state index in [-0.39, 0.29) is 5.91 Å². The molecule has 1 amide bonds. The molecule has 0 bridgehead atoms. The van der Waals surface area contributed by atoms with Gasteiger partial charge in [-0.1, -0.05) is 35.3 Å². The van der Waals surface area contributed by atoms with Gasteiger partial charge in [0.15, 0.2) is 0 Å². The largest absolute Gasteiger partial charge is 0.338 e. The van der Waals surface area contributed by atoms with E-state index in [0.29, 0.717) is 16.7 Å². The molecule has 1 heterocycles. The molecule has 4 nitrogen and oxygen atoms in total. The summed E-state index contributed by atoms with van der Waals surface area (Å²) in [4.78, 5) is 13.8. The second-order valence-electron chi connectivity index (χ2n) is 5.07. The fraction of sp³-hybridized carbons (Fsp3) is 0.250. The number of amides is 1. The minimum absolute atomic E-state index is 0.103. The predicted molar refractivity (Wildman–Crippen MR) is 89.9 cm³/mol. The van der Waals surface area contributed by atoms with Crippen LogP contribution >= 0.6 is 23.2 Å². The van der Waals surface area contributed by atoms with Gasteiger partial charge in [-0.25, -0.2) is 0 Å². The molecule has 22 heavy (non-hydrogen) atoms. The van der Waals surface area contributed by atoms with Gasteiger partial charge in [0.25, 0.3) is 0 Å². The van der Waals surface area contributed by atoms with Crippen LogP contribution in [0.5, 0.6) is 0 Å². The van der Waals surface area contributed by atoms with Crippen molar-refractivity contribution in [3.8, 4) is 0 Å². The van der Waals surface area contributed by atoms with Crippen molar-refractivity contribution in [2.24, 2.45) is 7.05 Å². The Morgan fingerprint density at radius 2 is 1.95 bits per heavy atom. The van der Waals surface area contributed by atoms with Crippen molar-refractivity contribution in [3.63, 3.8) is 0 Å². The first-order valence-electron chi connectivity index (χ1n) is 6.75. The average Bonchev–Trinajstić information content (AvgIpc) is 2.72. The van der Waals surface area contributed by atoms with Crippen LogP contribution in [-0.4, -0.2) is 27.6 Å². The third-order valence-electron chi connectivity index (χ3n) is 3.30. The number of nitrogens with zero attached hydrogens (tertiary/aromatic N) is 3. The Balaban J connectivity index is 2.04. The molecule has 0 unspecified atom stereocenters. The molecule has 0 saturated heterocycles. The first-order chi connectivity index (χ1) is 10.4. The molecular formula is C16H17Cl2N3O. The highest BCUT2D eigenvalue weighted by atomic mass is 35.5. The number of rotatable bonds is 4. The van der Waals surface area contributed by atoms with Crippen LogP contribution in [-0.2, 0) is 18.4 Å². The Bertz CT molecular complexity index is 705. The lowest BCUT2D eigenvalue weighted by Gasteiger charge is -2.15. The van der Waals surface area contributed by atoms with Gasteiger partial charge >= 0.3 is 0 Å². The quantitative estimate of drug-likeness (QED) is 0.797. The van der Waals surface area contributed by atoms with E-state index in [1.807, 2.05) is 31.2 Å². The monoisotopic (exact) mass is 337 g/mol. The molecule has 116 valence electrons. The van der Waals surface area contributed by atoms with Crippen molar-refractivity contribution in [2.75, 3.05) is 7.05 Å². The van der Waals surface area contributed by atoms with Crippen molar-refractivity contribution >= 4 is 35.2 Å². The van der Waals surface area contributed by atoms with Crippen LogP contribution in [0.4, 0.5) is 0 Å². The average molecular weight is 338 g/mol. The minimum Gasteiger partial charge on any atom is -0.338 e. The number of carbonyl (C=O) groups is 1. The zero-order chi connectivity index (χ0) is 16.3. The van der Waals surface area contributed by atoms with Crippen LogP contribution < -0.4 is 0 Å². The van der Waals surface area contributed by atoms with Crippen LogP contribution in [0.15, 0.2) is 30.3 Å². The zero-order valence-corrected chi connectivity index (χ0v) is 14.2. The lowest BCUT2D eigenvalue weighted by molar-refractivity contribution is -0.125. The lowest BCUT2D eigenvalue weighted by atomic mass is 10.2. The summed E-state index contributed by atoms with van der Waals surface area (Å²) in [5.41, 5.74) is 2.57. The minimum atomic E-state index is -0.103. The van der Waals surface area contributed by atoms with Gasteiger partial charge in [0.05, 0.1) is 5.69 Å². The van der Waals surface area contributed by atoms with Crippen molar-refractivity contribution in [3.05, 3.63) is 57.3 Å². The zero-order valence-electron chi connectivity index (χ0n) is 12.7. The first kappa shape index (κ1) is 16.6. The standard InChI is InChI=1S/C16H17Cl2N3O/c1-11-14(16(18)21(3)19-11)8-9-15(22)20(2)10-12-4-6-13(17)7-5-12/h4-9H,10H2,1-3H3/b9-8+. The van der Waals surface area contributed by atoms with Crippen molar-refractivity contribution < 1.29 is 4.79 Å². The van der Waals surface area contributed by atoms with Crippen molar-refractivity contribution in [1.82, 2.24) is 14.7 Å². The maximum absolute atomic E-state index is 12.2. The number of halogens is 2. The molecule has 2 aromatic rings. The number of hydrogen-bond acceptors (Lipinski definition) is 2. The summed E-state index contributed by atoms with van der Waals surface area (Å²) in [5.74, 6) is -0.103. The molecule has 0 saturated carbocycles. The van der Waals surface area contributed by atoms with E-state index in [1.165, 1.54) is 6.08 Å². The van der Waals surface area contributed by atoms with E-state index in [4.69, 9.17) is 23.2 Å². The van der Waals surface area contributed by atoms with Crippen LogP contribution in [0.3, 0.4) is 0 Å². The summed E-state index contributed by atoms with van der Waals surface area (Å²) < 4.78 is 1.58. The SMILES string of the molecule is Cc1nn(C)c(Cl)c1/C=C/C(=O)N(C)Cc1ccc(Cl)cc1. The molecule has 1 aromatic carbocycles.